The second-order valence-electron chi connectivity index (χ2n) is 6.83. The van der Waals surface area contributed by atoms with Crippen molar-refractivity contribution in [3.63, 3.8) is 0 Å². The quantitative estimate of drug-likeness (QED) is 0.304. The summed E-state index contributed by atoms with van der Waals surface area (Å²) in [5.41, 5.74) is 1.83. The molecule has 2 aliphatic rings. The minimum Gasteiger partial charge on any atom is -0.414 e. The first kappa shape index (κ1) is 15.3. The van der Waals surface area contributed by atoms with Gasteiger partial charge in [0, 0.05) is 11.1 Å². The standard InChI is InChI=1S/C22H15O4P/c23-27(20-13-24-20)25-18-11-9-14-5-1-3-7-16(14)21(18)22-17-8-4-2-6-15(17)10-12-19(22)26-27/h1-12,20H,13H2. The van der Waals surface area contributed by atoms with Gasteiger partial charge < -0.3 is 13.8 Å². The number of rotatable bonds is 1. The lowest BCUT2D eigenvalue weighted by Crippen LogP contribution is -2.05. The molecule has 0 aliphatic carbocycles. The molecule has 1 fully saturated rings. The third-order valence-electron chi connectivity index (χ3n) is 5.15. The van der Waals surface area contributed by atoms with Gasteiger partial charge in [-0.15, -0.1) is 0 Å². The monoisotopic (exact) mass is 374 g/mol. The number of hydrogen-bond acceptors (Lipinski definition) is 4. The summed E-state index contributed by atoms with van der Waals surface area (Å²) in [7, 11) is -3.46. The van der Waals surface area contributed by atoms with E-state index >= 15 is 0 Å². The minimum atomic E-state index is -3.46. The molecular formula is C22H15O4P. The van der Waals surface area contributed by atoms with E-state index in [1.54, 1.807) is 0 Å². The van der Waals surface area contributed by atoms with Crippen molar-refractivity contribution >= 4 is 29.1 Å². The summed E-state index contributed by atoms with van der Waals surface area (Å²) in [6.07, 6.45) is 0. The molecule has 2 aliphatic heterocycles. The van der Waals surface area contributed by atoms with E-state index in [0.717, 1.165) is 32.7 Å². The fourth-order valence-corrected chi connectivity index (χ4v) is 5.38. The van der Waals surface area contributed by atoms with Gasteiger partial charge in [-0.1, -0.05) is 60.7 Å². The first-order chi connectivity index (χ1) is 13.2. The van der Waals surface area contributed by atoms with Crippen molar-refractivity contribution in [2.45, 2.75) is 5.85 Å². The van der Waals surface area contributed by atoms with Gasteiger partial charge in [0.1, 0.15) is 11.5 Å². The first-order valence-corrected chi connectivity index (χ1v) is 10.5. The molecule has 0 N–H and O–H groups in total. The Morgan fingerprint density at radius 3 is 1.67 bits per heavy atom. The van der Waals surface area contributed by atoms with Crippen molar-refractivity contribution in [1.29, 1.82) is 0 Å². The van der Waals surface area contributed by atoms with Crippen LogP contribution in [0.3, 0.4) is 0 Å². The van der Waals surface area contributed by atoms with Crippen molar-refractivity contribution in [2.75, 3.05) is 6.61 Å². The molecule has 0 aromatic heterocycles. The molecule has 1 unspecified atom stereocenters. The van der Waals surface area contributed by atoms with Crippen molar-refractivity contribution in [2.24, 2.45) is 0 Å². The lowest BCUT2D eigenvalue weighted by molar-refractivity contribution is 0.353. The molecule has 0 radical (unpaired) electrons. The molecule has 1 atom stereocenters. The van der Waals surface area contributed by atoms with E-state index in [9.17, 15) is 4.57 Å². The summed E-state index contributed by atoms with van der Waals surface area (Å²) in [4.78, 5) is 0. The largest absolute Gasteiger partial charge is 0.461 e. The zero-order chi connectivity index (χ0) is 18.0. The maximum atomic E-state index is 13.4. The summed E-state index contributed by atoms with van der Waals surface area (Å²) >= 11 is 0. The van der Waals surface area contributed by atoms with Crippen LogP contribution in [0.2, 0.25) is 0 Å². The van der Waals surface area contributed by atoms with Crippen LogP contribution >= 0.6 is 7.60 Å². The van der Waals surface area contributed by atoms with Crippen LogP contribution in [0.1, 0.15) is 0 Å². The van der Waals surface area contributed by atoms with Crippen molar-refractivity contribution < 1.29 is 18.3 Å². The van der Waals surface area contributed by atoms with Crippen LogP contribution in [0, 0.1) is 0 Å². The predicted octanol–water partition coefficient (Wildman–Crippen LogP) is 5.98. The number of benzene rings is 4. The van der Waals surface area contributed by atoms with E-state index in [4.69, 9.17) is 13.8 Å². The Kier molecular flexibility index (Phi) is 3.03. The third kappa shape index (κ3) is 2.24. The maximum absolute atomic E-state index is 13.4. The second-order valence-corrected chi connectivity index (χ2v) is 8.85. The third-order valence-corrected chi connectivity index (χ3v) is 7.06. The number of hydrogen-bond donors (Lipinski definition) is 0. The summed E-state index contributed by atoms with van der Waals surface area (Å²) < 4.78 is 30.8. The lowest BCUT2D eigenvalue weighted by Gasteiger charge is -2.16. The fraction of sp³-hybridized carbons (Fsp3) is 0.0909. The van der Waals surface area contributed by atoms with Crippen LogP contribution in [-0.4, -0.2) is 12.5 Å². The van der Waals surface area contributed by atoms with Crippen LogP contribution in [-0.2, 0) is 9.30 Å². The first-order valence-electron chi connectivity index (χ1n) is 8.87. The topological polar surface area (TPSA) is 48.1 Å². The summed E-state index contributed by atoms with van der Waals surface area (Å²) in [6, 6.07) is 24.0. The minimum absolute atomic E-state index is 0.392. The van der Waals surface area contributed by atoms with Crippen molar-refractivity contribution in [1.82, 2.24) is 0 Å². The Balaban J connectivity index is 1.79. The maximum Gasteiger partial charge on any atom is 0.461 e. The van der Waals surface area contributed by atoms with Crippen LogP contribution < -0.4 is 9.05 Å². The second kappa shape index (κ2) is 5.35. The SMILES string of the molecule is O=P1(C2CO2)Oc2ccc3ccccc3c2-c2c(ccc3ccccc23)O1. The summed E-state index contributed by atoms with van der Waals surface area (Å²) in [6.45, 7) is 0.392. The van der Waals surface area contributed by atoms with Gasteiger partial charge in [-0.3, -0.25) is 0 Å². The van der Waals surface area contributed by atoms with Crippen molar-refractivity contribution in [3.8, 4) is 22.6 Å². The Bertz CT molecular complexity index is 1180. The van der Waals surface area contributed by atoms with Gasteiger partial charge in [-0.05, 0) is 33.7 Å². The predicted molar refractivity (Wildman–Crippen MR) is 105 cm³/mol. The molecule has 0 bridgehead atoms. The van der Waals surface area contributed by atoms with Crippen LogP contribution in [0.4, 0.5) is 0 Å². The molecule has 5 heteroatoms. The van der Waals surface area contributed by atoms with E-state index in [2.05, 4.69) is 24.3 Å². The Hall–Kier alpha value is -2.81. The molecule has 132 valence electrons. The Morgan fingerprint density at radius 1 is 0.704 bits per heavy atom. The van der Waals surface area contributed by atoms with Gasteiger partial charge >= 0.3 is 7.60 Å². The van der Waals surface area contributed by atoms with Crippen LogP contribution in [0.25, 0.3) is 32.7 Å². The highest BCUT2D eigenvalue weighted by molar-refractivity contribution is 7.55. The normalized spacial score (nSPS) is 19.5. The molecule has 1 saturated heterocycles. The molecular weight excluding hydrogens is 359 g/mol. The molecule has 4 aromatic carbocycles. The number of ether oxygens (including phenoxy) is 1. The van der Waals surface area contributed by atoms with Gasteiger partial charge in [0.05, 0.1) is 6.61 Å². The average molecular weight is 374 g/mol. The fourth-order valence-electron chi connectivity index (χ4n) is 3.81. The molecule has 6 rings (SSSR count). The van der Waals surface area contributed by atoms with Crippen molar-refractivity contribution in [3.05, 3.63) is 72.8 Å². The molecule has 4 aromatic rings. The average Bonchev–Trinajstić information content (AvgIpc) is 3.54. The van der Waals surface area contributed by atoms with E-state index in [1.165, 1.54) is 0 Å². The van der Waals surface area contributed by atoms with Gasteiger partial charge in [-0.25, -0.2) is 4.57 Å². The van der Waals surface area contributed by atoms with E-state index in [1.807, 2.05) is 48.5 Å². The van der Waals surface area contributed by atoms with Crippen LogP contribution in [0.15, 0.2) is 72.8 Å². The highest BCUT2D eigenvalue weighted by Crippen LogP contribution is 2.63. The van der Waals surface area contributed by atoms with E-state index < -0.39 is 13.4 Å². The number of fused-ring (bicyclic) bond motifs is 7. The molecule has 0 spiro atoms. The molecule has 4 nitrogen and oxygen atoms in total. The number of epoxide rings is 1. The van der Waals surface area contributed by atoms with Gasteiger partial charge in [0.25, 0.3) is 0 Å². The Morgan fingerprint density at radius 2 is 1.19 bits per heavy atom. The van der Waals surface area contributed by atoms with E-state index in [-0.39, 0.29) is 0 Å². The lowest BCUT2D eigenvalue weighted by atomic mass is 9.92. The Labute approximate surface area is 155 Å². The highest BCUT2D eigenvalue weighted by atomic mass is 31.2. The molecule has 2 heterocycles. The van der Waals surface area contributed by atoms with Gasteiger partial charge in [-0.2, -0.15) is 0 Å². The zero-order valence-electron chi connectivity index (χ0n) is 14.3. The van der Waals surface area contributed by atoms with E-state index in [0.29, 0.717) is 18.1 Å². The molecule has 0 saturated carbocycles. The van der Waals surface area contributed by atoms with Gasteiger partial charge in [0.15, 0.2) is 0 Å². The summed E-state index contributed by atoms with van der Waals surface area (Å²) in [5.74, 6) is 0.638. The summed E-state index contributed by atoms with van der Waals surface area (Å²) in [5, 5.41) is 4.28. The highest BCUT2D eigenvalue weighted by Gasteiger charge is 2.51. The zero-order valence-corrected chi connectivity index (χ0v) is 15.2. The molecule has 0 amide bonds. The smallest absolute Gasteiger partial charge is 0.414 e. The molecule has 27 heavy (non-hydrogen) atoms. The van der Waals surface area contributed by atoms with Crippen LogP contribution in [0.5, 0.6) is 11.5 Å². The van der Waals surface area contributed by atoms with Gasteiger partial charge in [0.2, 0.25) is 5.85 Å².